The fraction of sp³-hybridized carbons (Fsp3) is 0.400. The van der Waals surface area contributed by atoms with Crippen LogP contribution in [0.5, 0.6) is 11.5 Å². The van der Waals surface area contributed by atoms with Crippen molar-refractivity contribution in [2.45, 2.75) is 19.4 Å². The molecule has 0 heterocycles. The number of amides is 1. The Morgan fingerprint density at radius 3 is 2.65 bits per heavy atom. The molecule has 0 radical (unpaired) electrons. The van der Waals surface area contributed by atoms with Crippen LogP contribution in [0.25, 0.3) is 0 Å². The van der Waals surface area contributed by atoms with Crippen molar-refractivity contribution in [2.75, 3.05) is 20.8 Å². The fourth-order valence-electron chi connectivity index (χ4n) is 1.83. The first-order valence-electron chi connectivity index (χ1n) is 6.34. The van der Waals surface area contributed by atoms with Gasteiger partial charge in [-0.15, -0.1) is 6.58 Å². The Kier molecular flexibility index (Phi) is 6.06. The molecule has 5 nitrogen and oxygen atoms in total. The molecule has 0 fully saturated rings. The van der Waals surface area contributed by atoms with E-state index in [1.165, 1.54) is 7.11 Å². The molecule has 1 aromatic carbocycles. The maximum Gasteiger partial charge on any atom is 0.251 e. The molecular formula is C15H21NO4. The topological polar surface area (TPSA) is 67.8 Å². The Bertz CT molecular complexity index is 485. The molecule has 1 amide bonds. The molecule has 20 heavy (non-hydrogen) atoms. The largest absolute Gasteiger partial charge is 0.493 e. The number of carbonyl (C=O) groups is 1. The molecule has 1 atom stereocenters. The highest BCUT2D eigenvalue weighted by Crippen LogP contribution is 2.33. The summed E-state index contributed by atoms with van der Waals surface area (Å²) in [5, 5.41) is 11.7. The molecule has 0 aliphatic heterocycles. The van der Waals surface area contributed by atoms with Gasteiger partial charge in [0.1, 0.15) is 0 Å². The molecule has 2 N–H and O–H groups in total. The van der Waals surface area contributed by atoms with E-state index in [4.69, 9.17) is 14.6 Å². The zero-order valence-electron chi connectivity index (χ0n) is 12.1. The predicted octanol–water partition coefficient (Wildman–Crippen LogP) is 1.54. The summed E-state index contributed by atoms with van der Waals surface area (Å²) in [6.07, 6.45) is 2.30. The van der Waals surface area contributed by atoms with Gasteiger partial charge in [0.05, 0.1) is 20.8 Å². The van der Waals surface area contributed by atoms with Crippen molar-refractivity contribution in [3.05, 3.63) is 35.9 Å². The minimum atomic E-state index is -0.307. The van der Waals surface area contributed by atoms with E-state index in [1.807, 2.05) is 0 Å². The number of aliphatic hydroxyl groups excluding tert-OH is 1. The smallest absolute Gasteiger partial charge is 0.251 e. The third-order valence-corrected chi connectivity index (χ3v) is 2.83. The number of hydrogen-bond acceptors (Lipinski definition) is 4. The summed E-state index contributed by atoms with van der Waals surface area (Å²) in [7, 11) is 3.07. The molecule has 1 unspecified atom stereocenters. The van der Waals surface area contributed by atoms with Crippen LogP contribution in [-0.2, 0) is 6.42 Å². The molecule has 5 heteroatoms. The number of ether oxygens (including phenoxy) is 2. The molecule has 0 aliphatic rings. The van der Waals surface area contributed by atoms with E-state index in [1.54, 1.807) is 32.2 Å². The van der Waals surface area contributed by atoms with E-state index in [0.717, 1.165) is 5.56 Å². The third-order valence-electron chi connectivity index (χ3n) is 2.83. The Balaban J connectivity index is 3.17. The molecule has 0 bridgehead atoms. The minimum Gasteiger partial charge on any atom is -0.493 e. The molecule has 0 aliphatic carbocycles. The van der Waals surface area contributed by atoms with Gasteiger partial charge < -0.3 is 19.9 Å². The number of carbonyl (C=O) groups excluding carboxylic acids is 1. The van der Waals surface area contributed by atoms with Crippen molar-refractivity contribution in [3.63, 3.8) is 0 Å². The van der Waals surface area contributed by atoms with Gasteiger partial charge in [0, 0.05) is 17.2 Å². The zero-order chi connectivity index (χ0) is 15.1. The van der Waals surface area contributed by atoms with E-state index in [0.29, 0.717) is 23.5 Å². The summed E-state index contributed by atoms with van der Waals surface area (Å²) in [6.45, 7) is 5.31. The van der Waals surface area contributed by atoms with Crippen LogP contribution < -0.4 is 14.8 Å². The van der Waals surface area contributed by atoms with Gasteiger partial charge in [-0.05, 0) is 25.5 Å². The SMILES string of the molecule is C=CCc1cc(C(=O)NC(C)CO)cc(OC)c1OC. The Morgan fingerprint density at radius 1 is 1.45 bits per heavy atom. The van der Waals surface area contributed by atoms with Crippen LogP contribution >= 0.6 is 0 Å². The van der Waals surface area contributed by atoms with Gasteiger partial charge in [0.2, 0.25) is 0 Å². The van der Waals surface area contributed by atoms with E-state index in [2.05, 4.69) is 11.9 Å². The number of rotatable bonds is 7. The number of methoxy groups -OCH3 is 2. The predicted molar refractivity (Wildman–Crippen MR) is 77.5 cm³/mol. The average molecular weight is 279 g/mol. The highest BCUT2D eigenvalue weighted by atomic mass is 16.5. The van der Waals surface area contributed by atoms with Crippen molar-refractivity contribution >= 4 is 5.91 Å². The minimum absolute atomic E-state index is 0.113. The van der Waals surface area contributed by atoms with Crippen LogP contribution in [0.1, 0.15) is 22.8 Å². The quantitative estimate of drug-likeness (QED) is 0.743. The Morgan fingerprint density at radius 2 is 2.15 bits per heavy atom. The lowest BCUT2D eigenvalue weighted by molar-refractivity contribution is 0.0922. The Hall–Kier alpha value is -2.01. The number of aliphatic hydroxyl groups is 1. The van der Waals surface area contributed by atoms with E-state index >= 15 is 0 Å². The summed E-state index contributed by atoms with van der Waals surface area (Å²) in [4.78, 5) is 12.1. The van der Waals surface area contributed by atoms with Crippen LogP contribution in [0, 0.1) is 0 Å². The number of benzene rings is 1. The molecule has 1 rings (SSSR count). The van der Waals surface area contributed by atoms with E-state index in [9.17, 15) is 4.79 Å². The number of nitrogens with one attached hydrogen (secondary N) is 1. The first kappa shape index (κ1) is 16.0. The van der Waals surface area contributed by atoms with Crippen molar-refractivity contribution in [1.29, 1.82) is 0 Å². The van der Waals surface area contributed by atoms with Gasteiger partial charge in [0.25, 0.3) is 5.91 Å². The lowest BCUT2D eigenvalue weighted by atomic mass is 10.0. The van der Waals surface area contributed by atoms with Crippen LogP contribution in [-0.4, -0.2) is 37.9 Å². The maximum atomic E-state index is 12.1. The second kappa shape index (κ2) is 7.55. The highest BCUT2D eigenvalue weighted by Gasteiger charge is 2.16. The summed E-state index contributed by atoms with van der Waals surface area (Å²) in [6, 6.07) is 3.05. The standard InChI is InChI=1S/C15H21NO4/c1-5-6-11-7-12(15(18)16-10(2)9-17)8-13(19-3)14(11)20-4/h5,7-8,10,17H,1,6,9H2,2-4H3,(H,16,18). The van der Waals surface area contributed by atoms with Gasteiger partial charge in [-0.1, -0.05) is 6.08 Å². The summed E-state index contributed by atoms with van der Waals surface area (Å²) in [5.74, 6) is 0.825. The molecule has 0 spiro atoms. The van der Waals surface area contributed by atoms with Crippen LogP contribution in [0.15, 0.2) is 24.8 Å². The second-order valence-electron chi connectivity index (χ2n) is 4.42. The molecule has 0 saturated heterocycles. The van der Waals surface area contributed by atoms with Crippen molar-refractivity contribution < 1.29 is 19.4 Å². The summed E-state index contributed by atoms with van der Waals surface area (Å²) < 4.78 is 10.6. The van der Waals surface area contributed by atoms with Crippen molar-refractivity contribution in [1.82, 2.24) is 5.32 Å². The summed E-state index contributed by atoms with van der Waals surface area (Å²) >= 11 is 0. The number of allylic oxidation sites excluding steroid dienone is 1. The van der Waals surface area contributed by atoms with Gasteiger partial charge in [-0.25, -0.2) is 0 Å². The second-order valence-corrected chi connectivity index (χ2v) is 4.42. The van der Waals surface area contributed by atoms with Gasteiger partial charge in [0.15, 0.2) is 11.5 Å². The average Bonchev–Trinajstić information content (AvgIpc) is 2.46. The van der Waals surface area contributed by atoms with Crippen LogP contribution in [0.2, 0.25) is 0 Å². The summed E-state index contributed by atoms with van der Waals surface area (Å²) in [5.41, 5.74) is 1.28. The third kappa shape index (κ3) is 3.74. The fourth-order valence-corrected chi connectivity index (χ4v) is 1.83. The van der Waals surface area contributed by atoms with Gasteiger partial charge in [-0.3, -0.25) is 4.79 Å². The highest BCUT2D eigenvalue weighted by molar-refractivity contribution is 5.95. The van der Waals surface area contributed by atoms with Crippen LogP contribution in [0.3, 0.4) is 0 Å². The monoisotopic (exact) mass is 279 g/mol. The van der Waals surface area contributed by atoms with Gasteiger partial charge >= 0.3 is 0 Å². The molecule has 0 saturated carbocycles. The lowest BCUT2D eigenvalue weighted by Crippen LogP contribution is -2.35. The van der Waals surface area contributed by atoms with E-state index in [-0.39, 0.29) is 18.6 Å². The maximum absolute atomic E-state index is 12.1. The number of hydrogen-bond donors (Lipinski definition) is 2. The van der Waals surface area contributed by atoms with Crippen LogP contribution in [0.4, 0.5) is 0 Å². The van der Waals surface area contributed by atoms with Crippen molar-refractivity contribution in [3.8, 4) is 11.5 Å². The lowest BCUT2D eigenvalue weighted by Gasteiger charge is -2.15. The molecule has 110 valence electrons. The zero-order valence-corrected chi connectivity index (χ0v) is 12.1. The normalized spacial score (nSPS) is 11.6. The van der Waals surface area contributed by atoms with E-state index < -0.39 is 0 Å². The molecule has 1 aromatic rings. The van der Waals surface area contributed by atoms with Gasteiger partial charge in [-0.2, -0.15) is 0 Å². The first-order valence-corrected chi connectivity index (χ1v) is 6.34. The first-order chi connectivity index (χ1) is 9.57. The Labute approximate surface area is 119 Å². The molecular weight excluding hydrogens is 258 g/mol. The molecule has 0 aromatic heterocycles. The van der Waals surface area contributed by atoms with Crippen molar-refractivity contribution in [2.24, 2.45) is 0 Å².